The number of benzene rings is 2. The zero-order valence-corrected chi connectivity index (χ0v) is 15.1. The standard InChI is InChI=1S/C20H23NO5/c1-4-13(2)14-5-7-15(8-6-14)21-19(23)12-26-20(24)17-10-9-16(25-3)11-18(17)22/h5-11,13,22H,4,12H2,1-3H3,(H,21,23)/t13-/m0/s1. The highest BCUT2D eigenvalue weighted by atomic mass is 16.5. The van der Waals surface area contributed by atoms with Crippen molar-refractivity contribution in [3.63, 3.8) is 0 Å². The molecule has 0 aliphatic carbocycles. The third-order valence-electron chi connectivity index (χ3n) is 4.14. The van der Waals surface area contributed by atoms with Crippen LogP contribution in [0.25, 0.3) is 0 Å². The zero-order chi connectivity index (χ0) is 19.1. The molecule has 2 N–H and O–H groups in total. The SMILES string of the molecule is CC[C@H](C)c1ccc(NC(=O)COC(=O)c2ccc(OC)cc2O)cc1. The molecular weight excluding hydrogens is 334 g/mol. The van der Waals surface area contributed by atoms with E-state index in [0.29, 0.717) is 17.4 Å². The Kier molecular flexibility index (Phi) is 6.60. The van der Waals surface area contributed by atoms with Gasteiger partial charge in [0.25, 0.3) is 5.91 Å². The summed E-state index contributed by atoms with van der Waals surface area (Å²) in [4.78, 5) is 23.9. The minimum atomic E-state index is -0.785. The third-order valence-corrected chi connectivity index (χ3v) is 4.14. The van der Waals surface area contributed by atoms with E-state index in [9.17, 15) is 14.7 Å². The predicted octanol–water partition coefficient (Wildman–Crippen LogP) is 3.71. The number of phenolic OH excluding ortho intramolecular Hbond substituents is 1. The Morgan fingerprint density at radius 2 is 1.85 bits per heavy atom. The van der Waals surface area contributed by atoms with E-state index < -0.39 is 18.5 Å². The van der Waals surface area contributed by atoms with Crippen molar-refractivity contribution in [3.8, 4) is 11.5 Å². The van der Waals surface area contributed by atoms with Gasteiger partial charge in [0.1, 0.15) is 17.1 Å². The summed E-state index contributed by atoms with van der Waals surface area (Å²) in [6, 6.07) is 11.8. The summed E-state index contributed by atoms with van der Waals surface area (Å²) in [6.07, 6.45) is 1.04. The summed E-state index contributed by atoms with van der Waals surface area (Å²) in [7, 11) is 1.45. The van der Waals surface area contributed by atoms with Gasteiger partial charge in [0.05, 0.1) is 7.11 Å². The minimum Gasteiger partial charge on any atom is -0.507 e. The van der Waals surface area contributed by atoms with Gasteiger partial charge in [-0.1, -0.05) is 26.0 Å². The molecule has 0 radical (unpaired) electrons. The van der Waals surface area contributed by atoms with Gasteiger partial charge in [-0.3, -0.25) is 4.79 Å². The maximum Gasteiger partial charge on any atom is 0.342 e. The summed E-state index contributed by atoms with van der Waals surface area (Å²) in [6.45, 7) is 3.81. The molecule has 2 aromatic carbocycles. The van der Waals surface area contributed by atoms with Crippen molar-refractivity contribution in [1.29, 1.82) is 0 Å². The molecular formula is C20H23NO5. The van der Waals surface area contributed by atoms with Crippen LogP contribution in [0.5, 0.6) is 11.5 Å². The second-order valence-electron chi connectivity index (χ2n) is 5.94. The fourth-order valence-corrected chi connectivity index (χ4v) is 2.35. The maximum absolute atomic E-state index is 12.0. The molecule has 0 saturated heterocycles. The highest BCUT2D eigenvalue weighted by Gasteiger charge is 2.15. The summed E-state index contributed by atoms with van der Waals surface area (Å²) in [5.74, 6) is -0.638. The molecule has 2 aromatic rings. The fourth-order valence-electron chi connectivity index (χ4n) is 2.35. The number of hydrogen-bond acceptors (Lipinski definition) is 5. The number of amides is 1. The molecule has 2 rings (SSSR count). The normalized spacial score (nSPS) is 11.5. The lowest BCUT2D eigenvalue weighted by Gasteiger charge is -2.11. The van der Waals surface area contributed by atoms with Gasteiger partial charge in [0.2, 0.25) is 0 Å². The first kappa shape index (κ1) is 19.3. The Morgan fingerprint density at radius 1 is 1.15 bits per heavy atom. The number of methoxy groups -OCH3 is 1. The molecule has 0 bridgehead atoms. The lowest BCUT2D eigenvalue weighted by molar-refractivity contribution is -0.119. The number of anilines is 1. The lowest BCUT2D eigenvalue weighted by atomic mass is 9.99. The number of aromatic hydroxyl groups is 1. The first-order valence-electron chi connectivity index (χ1n) is 8.38. The van der Waals surface area contributed by atoms with E-state index in [1.807, 2.05) is 24.3 Å². The molecule has 1 atom stereocenters. The number of carbonyl (C=O) groups excluding carboxylic acids is 2. The quantitative estimate of drug-likeness (QED) is 0.738. The van der Waals surface area contributed by atoms with Crippen LogP contribution in [0.3, 0.4) is 0 Å². The Hall–Kier alpha value is -3.02. The number of ether oxygens (including phenoxy) is 2. The molecule has 0 aliphatic heterocycles. The second-order valence-corrected chi connectivity index (χ2v) is 5.94. The number of hydrogen-bond donors (Lipinski definition) is 2. The van der Waals surface area contributed by atoms with Gasteiger partial charge < -0.3 is 19.9 Å². The molecule has 1 amide bonds. The number of phenols is 1. The van der Waals surface area contributed by atoms with Gasteiger partial charge in [-0.05, 0) is 42.2 Å². The Morgan fingerprint density at radius 3 is 2.42 bits per heavy atom. The number of carbonyl (C=O) groups is 2. The van der Waals surface area contributed by atoms with Crippen molar-refractivity contribution < 1.29 is 24.2 Å². The number of nitrogens with one attached hydrogen (secondary N) is 1. The van der Waals surface area contributed by atoms with E-state index in [1.165, 1.54) is 30.9 Å². The Balaban J connectivity index is 1.89. The van der Waals surface area contributed by atoms with Gasteiger partial charge in [-0.15, -0.1) is 0 Å². The fraction of sp³-hybridized carbons (Fsp3) is 0.300. The van der Waals surface area contributed by atoms with E-state index >= 15 is 0 Å². The Labute approximate surface area is 152 Å². The van der Waals surface area contributed by atoms with Crippen LogP contribution >= 0.6 is 0 Å². The topological polar surface area (TPSA) is 84.9 Å². The molecule has 0 fully saturated rings. The second kappa shape index (κ2) is 8.89. The molecule has 26 heavy (non-hydrogen) atoms. The van der Waals surface area contributed by atoms with Crippen molar-refractivity contribution >= 4 is 17.6 Å². The van der Waals surface area contributed by atoms with Gasteiger partial charge in [-0.25, -0.2) is 4.79 Å². The molecule has 138 valence electrons. The van der Waals surface area contributed by atoms with E-state index in [4.69, 9.17) is 9.47 Å². The molecule has 0 spiro atoms. The van der Waals surface area contributed by atoms with E-state index in [-0.39, 0.29) is 11.3 Å². The number of esters is 1. The van der Waals surface area contributed by atoms with E-state index in [0.717, 1.165) is 6.42 Å². The lowest BCUT2D eigenvalue weighted by Crippen LogP contribution is -2.21. The van der Waals surface area contributed by atoms with Crippen LogP contribution in [0.2, 0.25) is 0 Å². The average Bonchev–Trinajstić information content (AvgIpc) is 2.65. The largest absolute Gasteiger partial charge is 0.507 e. The van der Waals surface area contributed by atoms with E-state index in [1.54, 1.807) is 0 Å². The van der Waals surface area contributed by atoms with Gasteiger partial charge in [0.15, 0.2) is 6.61 Å². The zero-order valence-electron chi connectivity index (χ0n) is 15.1. The summed E-state index contributed by atoms with van der Waals surface area (Å²) in [5, 5.41) is 12.5. The predicted molar refractivity (Wildman–Crippen MR) is 98.7 cm³/mol. The van der Waals surface area contributed by atoms with Crippen LogP contribution in [0.1, 0.15) is 42.1 Å². The maximum atomic E-state index is 12.0. The van der Waals surface area contributed by atoms with Crippen molar-refractivity contribution in [1.82, 2.24) is 0 Å². The first-order chi connectivity index (χ1) is 12.4. The summed E-state index contributed by atoms with van der Waals surface area (Å²) in [5.41, 5.74) is 1.80. The summed E-state index contributed by atoms with van der Waals surface area (Å²) < 4.78 is 9.89. The third kappa shape index (κ3) is 4.99. The Bertz CT molecular complexity index is 770. The van der Waals surface area contributed by atoms with Crippen LogP contribution in [-0.2, 0) is 9.53 Å². The highest BCUT2D eigenvalue weighted by Crippen LogP contribution is 2.24. The molecule has 6 nitrogen and oxygen atoms in total. The van der Waals surface area contributed by atoms with Crippen molar-refractivity contribution in [2.75, 3.05) is 19.0 Å². The molecule has 0 saturated carbocycles. The average molecular weight is 357 g/mol. The first-order valence-corrected chi connectivity index (χ1v) is 8.38. The molecule has 6 heteroatoms. The van der Waals surface area contributed by atoms with Crippen LogP contribution in [0.15, 0.2) is 42.5 Å². The monoisotopic (exact) mass is 357 g/mol. The van der Waals surface area contributed by atoms with Crippen LogP contribution < -0.4 is 10.1 Å². The molecule has 0 aromatic heterocycles. The summed E-state index contributed by atoms with van der Waals surface area (Å²) >= 11 is 0. The van der Waals surface area contributed by atoms with E-state index in [2.05, 4.69) is 19.2 Å². The van der Waals surface area contributed by atoms with Crippen molar-refractivity contribution in [3.05, 3.63) is 53.6 Å². The van der Waals surface area contributed by atoms with Crippen molar-refractivity contribution in [2.45, 2.75) is 26.2 Å². The smallest absolute Gasteiger partial charge is 0.342 e. The van der Waals surface area contributed by atoms with Crippen LogP contribution in [0.4, 0.5) is 5.69 Å². The molecule has 0 heterocycles. The highest BCUT2D eigenvalue weighted by molar-refractivity contribution is 5.96. The number of rotatable bonds is 7. The van der Waals surface area contributed by atoms with Gasteiger partial charge in [-0.2, -0.15) is 0 Å². The van der Waals surface area contributed by atoms with Crippen LogP contribution in [-0.4, -0.2) is 30.7 Å². The van der Waals surface area contributed by atoms with Gasteiger partial charge in [0, 0.05) is 11.8 Å². The molecule has 0 unspecified atom stereocenters. The minimum absolute atomic E-state index is 0.0310. The van der Waals surface area contributed by atoms with Crippen LogP contribution in [0, 0.1) is 0 Å². The molecule has 0 aliphatic rings. The van der Waals surface area contributed by atoms with Gasteiger partial charge >= 0.3 is 5.97 Å². The van der Waals surface area contributed by atoms with Crippen molar-refractivity contribution in [2.24, 2.45) is 0 Å².